The number of phosphoric acid groups is 1. The Kier molecular flexibility index (Phi) is 53.8. The number of allylic oxidation sites excluding steroid dienone is 7. The lowest BCUT2D eigenvalue weighted by Gasteiger charge is -2.30. The molecule has 3 unspecified atom stereocenters. The highest BCUT2D eigenvalue weighted by molar-refractivity contribution is 7.45. The van der Waals surface area contributed by atoms with Gasteiger partial charge in [0.1, 0.15) is 19.3 Å². The Hall–Kier alpha value is -2.03. The number of nitrogens with zero attached hydrogens (tertiary/aromatic N) is 1. The van der Waals surface area contributed by atoms with Crippen LogP contribution in [0, 0.1) is 0 Å². The number of amides is 1. The van der Waals surface area contributed by atoms with E-state index in [4.69, 9.17) is 13.8 Å². The standard InChI is InChI=1S/C65H123N2O7P/c1-7-10-13-16-19-22-25-28-30-31-32-33-34-35-37-39-42-45-48-51-54-57-64(68)66-62(61-73-75(70,71)72-60-59-67(4,5)6)63(56-53-50-47-44-41-38-27-24-21-18-15-12-9-3)74-65(69)58-55-52-49-46-43-40-36-29-26-23-20-17-14-11-8-2/h19,22-23,26,28,30,53,56,62-63H,7-18,20-21,24-25,27,29,31-52,54-55,57-61H2,1-6H3,(H-,66,68,70,71)/b22-19-,26-23-,30-28-,56-53-. The van der Waals surface area contributed by atoms with E-state index in [1.54, 1.807) is 0 Å². The van der Waals surface area contributed by atoms with Crippen molar-refractivity contribution in [3.05, 3.63) is 48.6 Å². The number of quaternary nitrogens is 1. The number of carbonyl (C=O) groups is 2. The van der Waals surface area contributed by atoms with Crippen LogP contribution in [-0.4, -0.2) is 69.4 Å². The molecule has 9 nitrogen and oxygen atoms in total. The van der Waals surface area contributed by atoms with Crippen LogP contribution in [0.3, 0.4) is 0 Å². The first-order valence-electron chi connectivity index (χ1n) is 31.9. The number of rotatable bonds is 58. The first-order chi connectivity index (χ1) is 36.4. The molecule has 0 aliphatic heterocycles. The van der Waals surface area contributed by atoms with Crippen LogP contribution in [0.25, 0.3) is 0 Å². The summed E-state index contributed by atoms with van der Waals surface area (Å²) in [6.07, 6.45) is 67.8. The Morgan fingerprint density at radius 2 is 0.813 bits per heavy atom. The van der Waals surface area contributed by atoms with Crippen LogP contribution in [0.4, 0.5) is 0 Å². The average molecular weight is 1080 g/mol. The lowest BCUT2D eigenvalue weighted by Crippen LogP contribution is -2.47. The van der Waals surface area contributed by atoms with Gasteiger partial charge in [0.05, 0.1) is 33.8 Å². The van der Waals surface area contributed by atoms with Crippen molar-refractivity contribution >= 4 is 19.7 Å². The van der Waals surface area contributed by atoms with E-state index in [0.29, 0.717) is 17.4 Å². The summed E-state index contributed by atoms with van der Waals surface area (Å²) < 4.78 is 30.3. The topological polar surface area (TPSA) is 114 Å². The van der Waals surface area contributed by atoms with Gasteiger partial charge in [-0.15, -0.1) is 0 Å². The number of hydrogen-bond acceptors (Lipinski definition) is 7. The predicted molar refractivity (Wildman–Crippen MR) is 321 cm³/mol. The lowest BCUT2D eigenvalue weighted by molar-refractivity contribution is -0.870. The quantitative estimate of drug-likeness (QED) is 0.0212. The molecule has 0 aliphatic carbocycles. The van der Waals surface area contributed by atoms with Crippen molar-refractivity contribution in [2.24, 2.45) is 0 Å². The molecular formula is C65H123N2O7P. The Bertz CT molecular complexity index is 1420. The SMILES string of the molecule is CCCCC/C=C\C/C=C\CCCCCCCCCCCCCC(=O)NC(COP(=O)([O-])OCC[N+](C)(C)C)C(/C=C\CCCCCCCCCCCCC)OC(=O)CCCCCCCCC/C=C\CCCCCC. The number of unbranched alkanes of at least 4 members (excludes halogenated alkanes) is 36. The normalized spacial score (nSPS) is 14.0. The number of phosphoric ester groups is 1. The molecule has 0 bridgehead atoms. The van der Waals surface area contributed by atoms with Crippen molar-refractivity contribution in [3.63, 3.8) is 0 Å². The molecule has 0 radical (unpaired) electrons. The highest BCUT2D eigenvalue weighted by Gasteiger charge is 2.27. The summed E-state index contributed by atoms with van der Waals surface area (Å²) in [5.41, 5.74) is 0. The van der Waals surface area contributed by atoms with Crippen LogP contribution in [-0.2, 0) is 27.9 Å². The highest BCUT2D eigenvalue weighted by Crippen LogP contribution is 2.38. The largest absolute Gasteiger partial charge is 0.756 e. The average Bonchev–Trinajstić information content (AvgIpc) is 3.37. The third-order valence-corrected chi connectivity index (χ3v) is 15.2. The van der Waals surface area contributed by atoms with Crippen molar-refractivity contribution in [2.75, 3.05) is 40.9 Å². The molecule has 0 aromatic rings. The van der Waals surface area contributed by atoms with E-state index in [1.807, 2.05) is 33.3 Å². The van der Waals surface area contributed by atoms with Crippen molar-refractivity contribution in [1.82, 2.24) is 5.32 Å². The van der Waals surface area contributed by atoms with Gasteiger partial charge in [-0.2, -0.15) is 0 Å². The smallest absolute Gasteiger partial charge is 0.306 e. The molecule has 0 spiro atoms. The number of nitrogens with one attached hydrogen (secondary N) is 1. The lowest BCUT2D eigenvalue weighted by atomic mass is 10.0. The van der Waals surface area contributed by atoms with Crippen molar-refractivity contribution < 1.29 is 37.3 Å². The van der Waals surface area contributed by atoms with Crippen LogP contribution in [0.15, 0.2) is 48.6 Å². The second-order valence-electron chi connectivity index (χ2n) is 22.9. The summed E-state index contributed by atoms with van der Waals surface area (Å²) in [6, 6.07) is -0.890. The number of hydrogen-bond donors (Lipinski definition) is 1. The molecule has 0 saturated heterocycles. The maximum atomic E-state index is 13.5. The highest BCUT2D eigenvalue weighted by atomic mass is 31.2. The van der Waals surface area contributed by atoms with E-state index in [1.165, 1.54) is 193 Å². The molecule has 1 amide bonds. The zero-order valence-electron chi connectivity index (χ0n) is 50.3. The molecule has 0 rings (SSSR count). The van der Waals surface area contributed by atoms with Crippen LogP contribution >= 0.6 is 7.82 Å². The molecule has 0 aliphatic rings. The maximum absolute atomic E-state index is 13.5. The van der Waals surface area contributed by atoms with E-state index in [-0.39, 0.29) is 31.5 Å². The van der Waals surface area contributed by atoms with Crippen LogP contribution in [0.1, 0.15) is 303 Å². The van der Waals surface area contributed by atoms with Crippen LogP contribution in [0.2, 0.25) is 0 Å². The molecule has 440 valence electrons. The third-order valence-electron chi connectivity index (χ3n) is 14.2. The third kappa shape index (κ3) is 56.5. The molecule has 0 aromatic carbocycles. The summed E-state index contributed by atoms with van der Waals surface area (Å²) >= 11 is 0. The minimum absolute atomic E-state index is 0.0227. The Morgan fingerprint density at radius 3 is 1.25 bits per heavy atom. The zero-order valence-corrected chi connectivity index (χ0v) is 51.2. The van der Waals surface area contributed by atoms with Crippen molar-refractivity contribution in [3.8, 4) is 0 Å². The Labute approximate surface area is 465 Å². The molecule has 0 heterocycles. The molecule has 3 atom stereocenters. The van der Waals surface area contributed by atoms with E-state index in [0.717, 1.165) is 77.0 Å². The van der Waals surface area contributed by atoms with E-state index in [2.05, 4.69) is 62.5 Å². The van der Waals surface area contributed by atoms with E-state index >= 15 is 0 Å². The van der Waals surface area contributed by atoms with Gasteiger partial charge in [0.15, 0.2) is 0 Å². The van der Waals surface area contributed by atoms with E-state index < -0.39 is 20.0 Å². The summed E-state index contributed by atoms with van der Waals surface area (Å²) in [4.78, 5) is 40.0. The molecule has 1 N–H and O–H groups in total. The molecule has 0 fully saturated rings. The van der Waals surface area contributed by atoms with Gasteiger partial charge >= 0.3 is 5.97 Å². The van der Waals surface area contributed by atoms with Gasteiger partial charge in [0, 0.05) is 12.8 Å². The Balaban J connectivity index is 5.22. The number of ether oxygens (including phenoxy) is 1. The number of likely N-dealkylation sites (N-methyl/N-ethyl adjacent to an activating group) is 1. The van der Waals surface area contributed by atoms with E-state index in [9.17, 15) is 19.0 Å². The number of esters is 1. The van der Waals surface area contributed by atoms with Gasteiger partial charge in [-0.05, 0) is 89.5 Å². The van der Waals surface area contributed by atoms with Crippen LogP contribution < -0.4 is 10.2 Å². The van der Waals surface area contributed by atoms with Gasteiger partial charge < -0.3 is 28.5 Å². The first-order valence-corrected chi connectivity index (χ1v) is 33.4. The van der Waals surface area contributed by atoms with Gasteiger partial charge in [0.2, 0.25) is 5.91 Å². The minimum Gasteiger partial charge on any atom is -0.756 e. The molecule has 0 saturated carbocycles. The summed E-state index contributed by atoms with van der Waals surface area (Å²) in [5, 5.41) is 3.03. The summed E-state index contributed by atoms with van der Waals surface area (Å²) in [5.74, 6) is -0.539. The first kappa shape index (κ1) is 73.0. The zero-order chi connectivity index (χ0) is 55.0. The monoisotopic (exact) mass is 1070 g/mol. The van der Waals surface area contributed by atoms with Gasteiger partial charge in [-0.25, -0.2) is 0 Å². The van der Waals surface area contributed by atoms with Gasteiger partial charge in [-0.3, -0.25) is 14.2 Å². The van der Waals surface area contributed by atoms with Crippen molar-refractivity contribution in [1.29, 1.82) is 0 Å². The second kappa shape index (κ2) is 55.3. The molecule has 75 heavy (non-hydrogen) atoms. The number of carbonyl (C=O) groups excluding carboxylic acids is 2. The van der Waals surface area contributed by atoms with Gasteiger partial charge in [0.25, 0.3) is 7.82 Å². The fraction of sp³-hybridized carbons (Fsp3) is 0.846. The van der Waals surface area contributed by atoms with Crippen LogP contribution in [0.5, 0.6) is 0 Å². The second-order valence-corrected chi connectivity index (χ2v) is 24.3. The maximum Gasteiger partial charge on any atom is 0.306 e. The summed E-state index contributed by atoms with van der Waals surface area (Å²) in [7, 11) is 1.19. The molecular weight excluding hydrogens is 952 g/mol. The Morgan fingerprint density at radius 1 is 0.467 bits per heavy atom. The fourth-order valence-electron chi connectivity index (χ4n) is 9.25. The molecule has 10 heteroatoms. The van der Waals surface area contributed by atoms with Crippen molar-refractivity contribution in [2.45, 2.75) is 315 Å². The molecule has 0 aromatic heterocycles. The minimum atomic E-state index is -4.70. The summed E-state index contributed by atoms with van der Waals surface area (Å²) in [6.45, 7) is 6.83. The fourth-order valence-corrected chi connectivity index (χ4v) is 9.98. The predicted octanol–water partition coefficient (Wildman–Crippen LogP) is 19.0. The van der Waals surface area contributed by atoms with Gasteiger partial charge in [-0.1, -0.05) is 250 Å².